The molecule has 0 aromatic rings. The van der Waals surface area contributed by atoms with Crippen LogP contribution < -0.4 is 10.6 Å². The Balaban J connectivity index is 0.00000324. The van der Waals surface area contributed by atoms with Crippen molar-refractivity contribution in [3.05, 3.63) is 0 Å². The number of amides is 1. The predicted molar refractivity (Wildman–Crippen MR) is 80.7 cm³/mol. The third kappa shape index (κ3) is 10.2. The van der Waals surface area contributed by atoms with E-state index in [9.17, 15) is 4.79 Å². The van der Waals surface area contributed by atoms with Crippen LogP contribution in [0.25, 0.3) is 0 Å². The van der Waals surface area contributed by atoms with Gasteiger partial charge < -0.3 is 15.4 Å². The zero-order chi connectivity index (χ0) is 13.2. The third-order valence-electron chi connectivity index (χ3n) is 3.35. The van der Waals surface area contributed by atoms with Gasteiger partial charge in [0.05, 0.1) is 6.61 Å². The van der Waals surface area contributed by atoms with E-state index in [-0.39, 0.29) is 18.3 Å². The van der Waals surface area contributed by atoms with Gasteiger partial charge in [0.2, 0.25) is 5.91 Å². The van der Waals surface area contributed by atoms with Gasteiger partial charge in [0, 0.05) is 19.6 Å². The van der Waals surface area contributed by atoms with Gasteiger partial charge in [0.1, 0.15) is 0 Å². The molecule has 1 aliphatic rings. The lowest BCUT2D eigenvalue weighted by atomic mass is 10.0. The van der Waals surface area contributed by atoms with Crippen LogP contribution in [0.2, 0.25) is 0 Å². The molecular formula is C14H29ClN2O2. The highest BCUT2D eigenvalue weighted by atomic mass is 35.5. The minimum Gasteiger partial charge on any atom is -0.380 e. The molecule has 2 N–H and O–H groups in total. The monoisotopic (exact) mass is 292 g/mol. The summed E-state index contributed by atoms with van der Waals surface area (Å²) in [6, 6.07) is 0. The van der Waals surface area contributed by atoms with Gasteiger partial charge >= 0.3 is 0 Å². The molecular weight excluding hydrogens is 264 g/mol. The fraction of sp³-hybridized carbons (Fsp3) is 0.929. The van der Waals surface area contributed by atoms with Crippen molar-refractivity contribution in [1.29, 1.82) is 0 Å². The van der Waals surface area contributed by atoms with Gasteiger partial charge in [-0.25, -0.2) is 0 Å². The molecule has 0 saturated carbocycles. The minimum absolute atomic E-state index is 0. The van der Waals surface area contributed by atoms with Crippen molar-refractivity contribution >= 4 is 18.3 Å². The Kier molecular flexibility index (Phi) is 11.3. The van der Waals surface area contributed by atoms with Gasteiger partial charge in [0.25, 0.3) is 0 Å². The number of nitrogens with one attached hydrogen (secondary N) is 2. The number of hydrogen-bond donors (Lipinski definition) is 2. The molecule has 1 heterocycles. The normalized spacial score (nSPS) is 18.4. The second kappa shape index (κ2) is 11.5. The first-order valence-corrected chi connectivity index (χ1v) is 7.23. The summed E-state index contributed by atoms with van der Waals surface area (Å²) in [6.07, 6.45) is 3.96. The summed E-state index contributed by atoms with van der Waals surface area (Å²) in [5.41, 5.74) is 0. The first-order valence-electron chi connectivity index (χ1n) is 7.23. The van der Waals surface area contributed by atoms with Gasteiger partial charge in [-0.05, 0) is 44.2 Å². The van der Waals surface area contributed by atoms with E-state index < -0.39 is 0 Å². The topological polar surface area (TPSA) is 50.4 Å². The summed E-state index contributed by atoms with van der Waals surface area (Å²) < 4.78 is 5.45. The van der Waals surface area contributed by atoms with Crippen LogP contribution in [0.5, 0.6) is 0 Å². The average Bonchev–Trinajstić information content (AvgIpc) is 2.83. The van der Waals surface area contributed by atoms with Crippen LogP contribution in [0.15, 0.2) is 0 Å². The second-order valence-electron chi connectivity index (χ2n) is 5.54. The van der Waals surface area contributed by atoms with Crippen molar-refractivity contribution < 1.29 is 9.53 Å². The molecule has 1 atom stereocenters. The van der Waals surface area contributed by atoms with Crippen molar-refractivity contribution in [2.24, 2.45) is 11.8 Å². The number of ether oxygens (including phenoxy) is 1. The molecule has 0 bridgehead atoms. The Morgan fingerprint density at radius 3 is 2.84 bits per heavy atom. The second-order valence-corrected chi connectivity index (χ2v) is 5.54. The Labute approximate surface area is 123 Å². The number of rotatable bonds is 9. The molecule has 0 radical (unpaired) electrons. The molecule has 1 fully saturated rings. The fourth-order valence-corrected chi connectivity index (χ4v) is 2.07. The van der Waals surface area contributed by atoms with E-state index in [1.165, 1.54) is 6.42 Å². The predicted octanol–water partition coefficient (Wildman–Crippen LogP) is 1.98. The van der Waals surface area contributed by atoms with Crippen LogP contribution in [-0.4, -0.2) is 38.8 Å². The van der Waals surface area contributed by atoms with Crippen molar-refractivity contribution in [2.45, 2.75) is 39.5 Å². The SMILES string of the molecule is CC(C)CCOCCNC(=O)CCC1CCNC1.Cl. The molecule has 5 heteroatoms. The summed E-state index contributed by atoms with van der Waals surface area (Å²) >= 11 is 0. The molecule has 0 aromatic heterocycles. The zero-order valence-electron chi connectivity index (χ0n) is 12.2. The quantitative estimate of drug-likeness (QED) is 0.639. The lowest BCUT2D eigenvalue weighted by molar-refractivity contribution is -0.121. The summed E-state index contributed by atoms with van der Waals surface area (Å²) in [4.78, 5) is 11.6. The van der Waals surface area contributed by atoms with E-state index in [2.05, 4.69) is 24.5 Å². The van der Waals surface area contributed by atoms with Crippen LogP contribution in [0.1, 0.15) is 39.5 Å². The zero-order valence-corrected chi connectivity index (χ0v) is 13.1. The standard InChI is InChI=1S/C14H28N2O2.ClH/c1-12(2)6-9-18-10-8-16-14(17)4-3-13-5-7-15-11-13;/h12-13,15H,3-11H2,1-2H3,(H,16,17);1H. The lowest BCUT2D eigenvalue weighted by Gasteiger charge is -2.09. The van der Waals surface area contributed by atoms with Gasteiger partial charge in [-0.1, -0.05) is 13.8 Å². The summed E-state index contributed by atoms with van der Waals surface area (Å²) in [6.45, 7) is 8.61. The number of carbonyl (C=O) groups excluding carboxylic acids is 1. The van der Waals surface area contributed by atoms with E-state index in [1.807, 2.05) is 0 Å². The molecule has 1 amide bonds. The fourth-order valence-electron chi connectivity index (χ4n) is 2.07. The Bertz CT molecular complexity index is 231. The number of halogens is 1. The molecule has 1 rings (SSSR count). The molecule has 4 nitrogen and oxygen atoms in total. The van der Waals surface area contributed by atoms with Crippen LogP contribution in [0, 0.1) is 11.8 Å². The molecule has 114 valence electrons. The van der Waals surface area contributed by atoms with Gasteiger partial charge in [0.15, 0.2) is 0 Å². The van der Waals surface area contributed by atoms with E-state index in [0.29, 0.717) is 31.4 Å². The van der Waals surface area contributed by atoms with Gasteiger partial charge in [-0.2, -0.15) is 0 Å². The maximum Gasteiger partial charge on any atom is 0.220 e. The third-order valence-corrected chi connectivity index (χ3v) is 3.35. The minimum atomic E-state index is 0. The van der Waals surface area contributed by atoms with Crippen molar-refractivity contribution in [2.75, 3.05) is 32.8 Å². The van der Waals surface area contributed by atoms with Crippen LogP contribution in [-0.2, 0) is 9.53 Å². The molecule has 1 unspecified atom stereocenters. The lowest BCUT2D eigenvalue weighted by Crippen LogP contribution is -2.27. The maximum atomic E-state index is 11.6. The Morgan fingerprint density at radius 2 is 2.21 bits per heavy atom. The number of hydrogen-bond acceptors (Lipinski definition) is 3. The first kappa shape index (κ1) is 18.7. The molecule has 1 aliphatic heterocycles. The highest BCUT2D eigenvalue weighted by Crippen LogP contribution is 2.13. The summed E-state index contributed by atoms with van der Waals surface area (Å²) in [5.74, 6) is 1.53. The molecule has 0 aromatic carbocycles. The van der Waals surface area contributed by atoms with Crippen LogP contribution in [0.3, 0.4) is 0 Å². The molecule has 19 heavy (non-hydrogen) atoms. The smallest absolute Gasteiger partial charge is 0.220 e. The van der Waals surface area contributed by atoms with Gasteiger partial charge in [-0.15, -0.1) is 12.4 Å². The first-order chi connectivity index (χ1) is 8.68. The van der Waals surface area contributed by atoms with Crippen molar-refractivity contribution in [3.8, 4) is 0 Å². The van der Waals surface area contributed by atoms with E-state index in [4.69, 9.17) is 4.74 Å². The molecule has 1 saturated heterocycles. The molecule has 0 aliphatic carbocycles. The average molecular weight is 293 g/mol. The highest BCUT2D eigenvalue weighted by Gasteiger charge is 2.15. The largest absolute Gasteiger partial charge is 0.380 e. The van der Waals surface area contributed by atoms with E-state index in [1.54, 1.807) is 0 Å². The van der Waals surface area contributed by atoms with Crippen molar-refractivity contribution in [3.63, 3.8) is 0 Å². The number of carbonyl (C=O) groups is 1. The van der Waals surface area contributed by atoms with Crippen LogP contribution >= 0.6 is 12.4 Å². The van der Waals surface area contributed by atoms with Crippen molar-refractivity contribution in [1.82, 2.24) is 10.6 Å². The van der Waals surface area contributed by atoms with Gasteiger partial charge in [-0.3, -0.25) is 4.79 Å². The van der Waals surface area contributed by atoms with Crippen LogP contribution in [0.4, 0.5) is 0 Å². The van der Waals surface area contributed by atoms with E-state index >= 15 is 0 Å². The summed E-state index contributed by atoms with van der Waals surface area (Å²) in [5, 5.41) is 6.23. The Hall–Kier alpha value is -0.320. The molecule has 0 spiro atoms. The summed E-state index contributed by atoms with van der Waals surface area (Å²) in [7, 11) is 0. The van der Waals surface area contributed by atoms with E-state index in [0.717, 1.165) is 32.5 Å². The Morgan fingerprint density at radius 1 is 1.42 bits per heavy atom. The maximum absolute atomic E-state index is 11.6. The highest BCUT2D eigenvalue weighted by molar-refractivity contribution is 5.85.